The maximum atomic E-state index is 13.1. The number of nitrogens with zero attached hydrogens (tertiary/aromatic N) is 2. The lowest BCUT2D eigenvalue weighted by Gasteiger charge is -2.33. The van der Waals surface area contributed by atoms with Crippen LogP contribution in [0, 0.1) is 5.82 Å². The van der Waals surface area contributed by atoms with Gasteiger partial charge in [0.2, 0.25) is 0 Å². The van der Waals surface area contributed by atoms with E-state index in [4.69, 9.17) is 0 Å². The number of urea groups is 1. The maximum Gasteiger partial charge on any atom is 0.322 e. The predicted octanol–water partition coefficient (Wildman–Crippen LogP) is 1.80. The smallest absolute Gasteiger partial charge is 0.322 e. The molecule has 2 aliphatic rings. The predicted molar refractivity (Wildman–Crippen MR) is 79.2 cm³/mol. The number of amides is 3. The van der Waals surface area contributed by atoms with E-state index < -0.39 is 6.04 Å². The first-order chi connectivity index (χ1) is 10.5. The molecule has 2 heterocycles. The SMILES string of the molecule is C=CCN1C(=O)NC(c2ccc(F)cc2)C2=C1CN(C)C2=O. The van der Waals surface area contributed by atoms with Crippen molar-refractivity contribution in [1.82, 2.24) is 15.1 Å². The van der Waals surface area contributed by atoms with Crippen LogP contribution in [0.4, 0.5) is 9.18 Å². The fraction of sp³-hybridized carbons (Fsp3) is 0.250. The van der Waals surface area contributed by atoms with E-state index in [1.807, 2.05) is 0 Å². The quantitative estimate of drug-likeness (QED) is 0.866. The van der Waals surface area contributed by atoms with Crippen molar-refractivity contribution < 1.29 is 14.0 Å². The molecule has 0 aromatic heterocycles. The summed E-state index contributed by atoms with van der Waals surface area (Å²) in [7, 11) is 1.69. The minimum absolute atomic E-state index is 0.126. The van der Waals surface area contributed by atoms with E-state index in [-0.39, 0.29) is 17.8 Å². The molecule has 0 spiro atoms. The lowest BCUT2D eigenvalue weighted by Crippen LogP contribution is -2.47. The summed E-state index contributed by atoms with van der Waals surface area (Å²) in [6, 6.07) is 4.97. The Hall–Kier alpha value is -2.63. The molecule has 22 heavy (non-hydrogen) atoms. The monoisotopic (exact) mass is 301 g/mol. The van der Waals surface area contributed by atoms with Gasteiger partial charge >= 0.3 is 6.03 Å². The zero-order valence-electron chi connectivity index (χ0n) is 12.2. The van der Waals surface area contributed by atoms with Crippen LogP contribution < -0.4 is 5.32 Å². The van der Waals surface area contributed by atoms with E-state index in [2.05, 4.69) is 11.9 Å². The van der Waals surface area contributed by atoms with E-state index in [1.54, 1.807) is 30.2 Å². The summed E-state index contributed by atoms with van der Waals surface area (Å²) >= 11 is 0. The van der Waals surface area contributed by atoms with Crippen molar-refractivity contribution in [3.63, 3.8) is 0 Å². The molecule has 0 fully saturated rings. The molecule has 0 saturated carbocycles. The molecule has 114 valence electrons. The van der Waals surface area contributed by atoms with E-state index in [0.29, 0.717) is 29.9 Å². The third-order valence-corrected chi connectivity index (χ3v) is 3.92. The van der Waals surface area contributed by atoms with Gasteiger partial charge in [0.25, 0.3) is 5.91 Å². The van der Waals surface area contributed by atoms with Gasteiger partial charge in [-0.25, -0.2) is 9.18 Å². The first-order valence-electron chi connectivity index (χ1n) is 6.96. The van der Waals surface area contributed by atoms with Gasteiger partial charge < -0.3 is 10.2 Å². The first kappa shape index (κ1) is 14.3. The molecular formula is C16H16FN3O2. The Bertz CT molecular complexity index is 681. The lowest BCUT2D eigenvalue weighted by molar-refractivity contribution is -0.124. The Kier molecular flexibility index (Phi) is 3.44. The Morgan fingerprint density at radius 2 is 2.05 bits per heavy atom. The summed E-state index contributed by atoms with van der Waals surface area (Å²) in [5.74, 6) is -0.485. The Morgan fingerprint density at radius 3 is 2.68 bits per heavy atom. The Balaban J connectivity index is 2.08. The highest BCUT2D eigenvalue weighted by atomic mass is 19.1. The highest BCUT2D eigenvalue weighted by Crippen LogP contribution is 2.35. The van der Waals surface area contributed by atoms with Gasteiger partial charge in [0.1, 0.15) is 5.82 Å². The van der Waals surface area contributed by atoms with Crippen LogP contribution in [0.2, 0.25) is 0 Å². The van der Waals surface area contributed by atoms with Crippen molar-refractivity contribution in [2.24, 2.45) is 0 Å². The van der Waals surface area contributed by atoms with E-state index in [0.717, 1.165) is 0 Å². The molecule has 6 heteroatoms. The molecular weight excluding hydrogens is 285 g/mol. The van der Waals surface area contributed by atoms with Crippen molar-refractivity contribution in [2.75, 3.05) is 20.1 Å². The average Bonchev–Trinajstić information content (AvgIpc) is 2.79. The number of nitrogens with one attached hydrogen (secondary N) is 1. The number of hydrogen-bond donors (Lipinski definition) is 1. The van der Waals surface area contributed by atoms with Gasteiger partial charge in [-0.1, -0.05) is 18.2 Å². The highest BCUT2D eigenvalue weighted by molar-refractivity contribution is 6.01. The first-order valence-corrected chi connectivity index (χ1v) is 6.96. The number of benzene rings is 1. The molecule has 0 aliphatic carbocycles. The van der Waals surface area contributed by atoms with Crippen LogP contribution in [0.15, 0.2) is 48.2 Å². The Morgan fingerprint density at radius 1 is 1.36 bits per heavy atom. The van der Waals surface area contributed by atoms with Crippen molar-refractivity contribution in [3.8, 4) is 0 Å². The summed E-state index contributed by atoms with van der Waals surface area (Å²) in [5, 5.41) is 2.82. The average molecular weight is 301 g/mol. The summed E-state index contributed by atoms with van der Waals surface area (Å²) in [6.07, 6.45) is 1.62. The van der Waals surface area contributed by atoms with Gasteiger partial charge in [-0.3, -0.25) is 9.69 Å². The fourth-order valence-corrected chi connectivity index (χ4v) is 2.86. The van der Waals surface area contributed by atoms with Gasteiger partial charge in [0, 0.05) is 13.6 Å². The number of carbonyl (C=O) groups is 2. The molecule has 0 saturated heterocycles. The molecule has 3 amide bonds. The molecule has 1 atom stereocenters. The van der Waals surface area contributed by atoms with Crippen molar-refractivity contribution in [3.05, 3.63) is 59.6 Å². The molecule has 1 unspecified atom stereocenters. The second-order valence-electron chi connectivity index (χ2n) is 5.35. The standard InChI is InChI=1S/C16H16FN3O2/c1-3-8-20-12-9-19(2)15(21)13(12)14(18-16(20)22)10-4-6-11(17)7-5-10/h3-7,14H,1,8-9H2,2H3,(H,18,22). The topological polar surface area (TPSA) is 52.7 Å². The van der Waals surface area contributed by atoms with Crippen molar-refractivity contribution in [2.45, 2.75) is 6.04 Å². The zero-order valence-corrected chi connectivity index (χ0v) is 12.2. The van der Waals surface area contributed by atoms with Crippen LogP contribution in [0.3, 0.4) is 0 Å². The largest absolute Gasteiger partial charge is 0.336 e. The molecule has 5 nitrogen and oxygen atoms in total. The summed E-state index contributed by atoms with van der Waals surface area (Å²) in [4.78, 5) is 27.8. The number of likely N-dealkylation sites (N-methyl/N-ethyl adjacent to an activating group) is 1. The molecule has 1 aromatic carbocycles. The van der Waals surface area contributed by atoms with Crippen LogP contribution in [-0.2, 0) is 4.79 Å². The summed E-state index contributed by atoms with van der Waals surface area (Å²) < 4.78 is 13.1. The maximum absolute atomic E-state index is 13.1. The molecule has 0 radical (unpaired) electrons. The second-order valence-corrected chi connectivity index (χ2v) is 5.35. The van der Waals surface area contributed by atoms with Crippen LogP contribution in [0.25, 0.3) is 0 Å². The summed E-state index contributed by atoms with van der Waals surface area (Å²) in [5.41, 5.74) is 1.91. The minimum atomic E-state index is -0.554. The summed E-state index contributed by atoms with van der Waals surface area (Å²) in [6.45, 7) is 4.36. The van der Waals surface area contributed by atoms with Crippen molar-refractivity contribution >= 4 is 11.9 Å². The van der Waals surface area contributed by atoms with Crippen LogP contribution >= 0.6 is 0 Å². The third kappa shape index (κ3) is 2.16. The number of hydrogen-bond acceptors (Lipinski definition) is 2. The second kappa shape index (κ2) is 5.29. The van der Waals surface area contributed by atoms with Crippen LogP contribution in [0.5, 0.6) is 0 Å². The number of rotatable bonds is 3. The fourth-order valence-electron chi connectivity index (χ4n) is 2.86. The van der Waals surface area contributed by atoms with Gasteiger partial charge in [-0.2, -0.15) is 0 Å². The van der Waals surface area contributed by atoms with Gasteiger partial charge in [0.15, 0.2) is 0 Å². The highest BCUT2D eigenvalue weighted by Gasteiger charge is 2.42. The van der Waals surface area contributed by atoms with Gasteiger partial charge in [-0.05, 0) is 17.7 Å². The van der Waals surface area contributed by atoms with Gasteiger partial charge in [0.05, 0.1) is 23.9 Å². The Labute approximate surface area is 127 Å². The van der Waals surface area contributed by atoms with Crippen molar-refractivity contribution in [1.29, 1.82) is 0 Å². The number of halogens is 1. The lowest BCUT2D eigenvalue weighted by atomic mass is 9.95. The number of carbonyl (C=O) groups excluding carboxylic acids is 2. The zero-order chi connectivity index (χ0) is 15.9. The molecule has 1 N–H and O–H groups in total. The van der Waals surface area contributed by atoms with E-state index in [9.17, 15) is 14.0 Å². The van der Waals surface area contributed by atoms with Gasteiger partial charge in [-0.15, -0.1) is 6.58 Å². The third-order valence-electron chi connectivity index (χ3n) is 3.92. The normalized spacial score (nSPS) is 21.1. The molecule has 0 bridgehead atoms. The molecule has 2 aliphatic heterocycles. The molecule has 1 aromatic rings. The van der Waals surface area contributed by atoms with Crippen LogP contribution in [-0.4, -0.2) is 41.9 Å². The minimum Gasteiger partial charge on any atom is -0.336 e. The van der Waals surface area contributed by atoms with Crippen LogP contribution in [0.1, 0.15) is 11.6 Å². The van der Waals surface area contributed by atoms with E-state index in [1.165, 1.54) is 17.0 Å². The molecule has 3 rings (SSSR count). The van der Waals surface area contributed by atoms with E-state index >= 15 is 0 Å².